The van der Waals surface area contributed by atoms with Crippen molar-refractivity contribution < 1.29 is 4.79 Å². The fourth-order valence-corrected chi connectivity index (χ4v) is 2.22. The van der Waals surface area contributed by atoms with E-state index in [0.717, 1.165) is 17.8 Å². The Kier molecular flexibility index (Phi) is 3.28. The summed E-state index contributed by atoms with van der Waals surface area (Å²) in [5.74, 6) is -0.459. The van der Waals surface area contributed by atoms with Crippen molar-refractivity contribution in [2.45, 2.75) is 32.4 Å². The van der Waals surface area contributed by atoms with Crippen molar-refractivity contribution in [1.82, 2.24) is 15.1 Å². The van der Waals surface area contributed by atoms with E-state index in [1.807, 2.05) is 13.0 Å². The number of carbonyl (C=O) groups is 1. The van der Waals surface area contributed by atoms with Gasteiger partial charge in [0.15, 0.2) is 0 Å². The molecule has 0 radical (unpaired) electrons. The van der Waals surface area contributed by atoms with Gasteiger partial charge in [0, 0.05) is 18.8 Å². The second kappa shape index (κ2) is 5.09. The standard InChI is InChI=1S/C15H18N4O/c1-10-6-11(7-17-13-3-4-13)2-5-14(10)19-9-12(8-18-19)15(16)20/h2,5-6,8-9,13,17H,3-4,7H2,1H3,(H2,16,20). The second-order valence-electron chi connectivity index (χ2n) is 5.31. The summed E-state index contributed by atoms with van der Waals surface area (Å²) in [6.07, 6.45) is 5.73. The molecule has 2 aromatic rings. The number of nitrogens with two attached hydrogens (primary N) is 1. The highest BCUT2D eigenvalue weighted by atomic mass is 16.1. The van der Waals surface area contributed by atoms with Crippen molar-refractivity contribution in [3.05, 3.63) is 47.3 Å². The van der Waals surface area contributed by atoms with Crippen molar-refractivity contribution in [3.8, 4) is 5.69 Å². The Morgan fingerprint density at radius 1 is 1.50 bits per heavy atom. The Morgan fingerprint density at radius 2 is 2.30 bits per heavy atom. The Hall–Kier alpha value is -2.14. The topological polar surface area (TPSA) is 72.9 Å². The quantitative estimate of drug-likeness (QED) is 0.865. The summed E-state index contributed by atoms with van der Waals surface area (Å²) < 4.78 is 1.69. The lowest BCUT2D eigenvalue weighted by Gasteiger charge is -2.09. The summed E-state index contributed by atoms with van der Waals surface area (Å²) in [6.45, 7) is 2.94. The van der Waals surface area contributed by atoms with E-state index in [4.69, 9.17) is 5.73 Å². The molecule has 0 unspecified atom stereocenters. The Labute approximate surface area is 117 Å². The summed E-state index contributed by atoms with van der Waals surface area (Å²) in [5, 5.41) is 7.68. The molecule has 1 aromatic heterocycles. The Morgan fingerprint density at radius 3 is 2.90 bits per heavy atom. The minimum absolute atomic E-state index is 0.420. The zero-order chi connectivity index (χ0) is 14.1. The molecule has 1 fully saturated rings. The maximum absolute atomic E-state index is 11.1. The van der Waals surface area contributed by atoms with E-state index in [-0.39, 0.29) is 0 Å². The molecular formula is C15H18N4O. The van der Waals surface area contributed by atoms with Crippen LogP contribution in [0.1, 0.15) is 34.3 Å². The first-order chi connectivity index (χ1) is 9.63. The van der Waals surface area contributed by atoms with Gasteiger partial charge in [-0.3, -0.25) is 4.79 Å². The monoisotopic (exact) mass is 270 g/mol. The molecule has 1 amide bonds. The van der Waals surface area contributed by atoms with Gasteiger partial charge in [0.05, 0.1) is 17.4 Å². The summed E-state index contributed by atoms with van der Waals surface area (Å²) in [6, 6.07) is 6.97. The maximum Gasteiger partial charge on any atom is 0.251 e. The van der Waals surface area contributed by atoms with Crippen LogP contribution in [0, 0.1) is 6.92 Å². The molecule has 5 heteroatoms. The van der Waals surface area contributed by atoms with E-state index in [1.54, 1.807) is 10.9 Å². The van der Waals surface area contributed by atoms with Gasteiger partial charge in [0.25, 0.3) is 5.91 Å². The van der Waals surface area contributed by atoms with Gasteiger partial charge in [-0.15, -0.1) is 0 Å². The van der Waals surface area contributed by atoms with Gasteiger partial charge in [-0.05, 0) is 37.0 Å². The van der Waals surface area contributed by atoms with Gasteiger partial charge < -0.3 is 11.1 Å². The molecule has 1 aliphatic carbocycles. The molecule has 20 heavy (non-hydrogen) atoms. The van der Waals surface area contributed by atoms with E-state index in [9.17, 15) is 4.79 Å². The van der Waals surface area contributed by atoms with Gasteiger partial charge >= 0.3 is 0 Å². The van der Waals surface area contributed by atoms with Crippen LogP contribution in [0.5, 0.6) is 0 Å². The molecule has 0 spiro atoms. The molecule has 3 N–H and O–H groups in total. The first-order valence-electron chi connectivity index (χ1n) is 6.81. The fourth-order valence-electron chi connectivity index (χ4n) is 2.22. The average Bonchev–Trinajstić information content (AvgIpc) is 3.11. The highest BCUT2D eigenvalue weighted by molar-refractivity contribution is 5.92. The first kappa shape index (κ1) is 12.9. The molecule has 5 nitrogen and oxygen atoms in total. The van der Waals surface area contributed by atoms with Gasteiger partial charge in [-0.25, -0.2) is 4.68 Å². The predicted octanol–water partition coefficient (Wildman–Crippen LogP) is 1.53. The van der Waals surface area contributed by atoms with Crippen LogP contribution in [-0.4, -0.2) is 21.7 Å². The summed E-state index contributed by atoms with van der Waals surface area (Å²) >= 11 is 0. The molecule has 1 aromatic carbocycles. The van der Waals surface area contributed by atoms with Gasteiger partial charge in [-0.2, -0.15) is 5.10 Å². The third-order valence-corrected chi connectivity index (χ3v) is 3.55. The minimum atomic E-state index is -0.459. The third-order valence-electron chi connectivity index (χ3n) is 3.55. The van der Waals surface area contributed by atoms with Crippen LogP contribution in [-0.2, 0) is 6.54 Å². The number of nitrogens with zero attached hydrogens (tertiary/aromatic N) is 2. The molecule has 0 atom stereocenters. The van der Waals surface area contributed by atoms with E-state index >= 15 is 0 Å². The van der Waals surface area contributed by atoms with E-state index in [1.165, 1.54) is 24.6 Å². The Bertz CT molecular complexity index is 643. The molecule has 0 bridgehead atoms. The number of aromatic nitrogens is 2. The number of hydrogen-bond donors (Lipinski definition) is 2. The Balaban J connectivity index is 1.79. The van der Waals surface area contributed by atoms with Crippen LogP contribution in [0.4, 0.5) is 0 Å². The second-order valence-corrected chi connectivity index (χ2v) is 5.31. The highest BCUT2D eigenvalue weighted by Crippen LogP contribution is 2.20. The SMILES string of the molecule is Cc1cc(CNC2CC2)ccc1-n1cc(C(N)=O)cn1. The lowest BCUT2D eigenvalue weighted by atomic mass is 10.1. The van der Waals surface area contributed by atoms with Gasteiger partial charge in [-0.1, -0.05) is 12.1 Å². The highest BCUT2D eigenvalue weighted by Gasteiger charge is 2.20. The average molecular weight is 270 g/mol. The minimum Gasteiger partial charge on any atom is -0.366 e. The van der Waals surface area contributed by atoms with E-state index in [2.05, 4.69) is 22.5 Å². The zero-order valence-electron chi connectivity index (χ0n) is 11.5. The molecule has 3 rings (SSSR count). The van der Waals surface area contributed by atoms with Crippen LogP contribution in [0.2, 0.25) is 0 Å². The predicted molar refractivity (Wildman–Crippen MR) is 76.7 cm³/mol. The number of aryl methyl sites for hydroxylation is 1. The number of hydrogen-bond acceptors (Lipinski definition) is 3. The van der Waals surface area contributed by atoms with Crippen molar-refractivity contribution in [1.29, 1.82) is 0 Å². The van der Waals surface area contributed by atoms with Gasteiger partial charge in [0.1, 0.15) is 0 Å². The number of primary amides is 1. The van der Waals surface area contributed by atoms with Crippen molar-refractivity contribution in [3.63, 3.8) is 0 Å². The lowest BCUT2D eigenvalue weighted by molar-refractivity contribution is 0.100. The lowest BCUT2D eigenvalue weighted by Crippen LogP contribution is -2.15. The largest absolute Gasteiger partial charge is 0.366 e. The third kappa shape index (κ3) is 2.72. The fraction of sp³-hybridized carbons (Fsp3) is 0.333. The maximum atomic E-state index is 11.1. The van der Waals surface area contributed by atoms with Crippen LogP contribution in [0.15, 0.2) is 30.6 Å². The smallest absolute Gasteiger partial charge is 0.251 e. The van der Waals surface area contributed by atoms with Gasteiger partial charge in [0.2, 0.25) is 0 Å². The van der Waals surface area contributed by atoms with Crippen molar-refractivity contribution >= 4 is 5.91 Å². The van der Waals surface area contributed by atoms with Crippen molar-refractivity contribution in [2.75, 3.05) is 0 Å². The van der Waals surface area contributed by atoms with Crippen molar-refractivity contribution in [2.24, 2.45) is 5.73 Å². The van der Waals surface area contributed by atoms with Crippen LogP contribution in [0.25, 0.3) is 5.69 Å². The first-order valence-corrected chi connectivity index (χ1v) is 6.81. The molecule has 1 heterocycles. The molecular weight excluding hydrogens is 252 g/mol. The summed E-state index contributed by atoms with van der Waals surface area (Å²) in [4.78, 5) is 11.1. The zero-order valence-corrected chi connectivity index (χ0v) is 11.5. The number of carbonyl (C=O) groups excluding carboxylic acids is 1. The van der Waals surface area contributed by atoms with E-state index in [0.29, 0.717) is 11.6 Å². The van der Waals surface area contributed by atoms with E-state index < -0.39 is 5.91 Å². The van der Waals surface area contributed by atoms with Crippen LogP contribution in [0.3, 0.4) is 0 Å². The molecule has 1 saturated carbocycles. The number of amides is 1. The van der Waals surface area contributed by atoms with Crippen LogP contribution >= 0.6 is 0 Å². The number of nitrogens with one attached hydrogen (secondary N) is 1. The molecule has 1 aliphatic rings. The summed E-state index contributed by atoms with van der Waals surface area (Å²) in [7, 11) is 0. The normalized spacial score (nSPS) is 14.4. The number of rotatable bonds is 5. The molecule has 0 aliphatic heterocycles. The summed E-state index contributed by atoms with van der Waals surface area (Å²) in [5.41, 5.74) is 9.01. The molecule has 104 valence electrons. The number of benzene rings is 1. The molecule has 0 saturated heterocycles. The van der Waals surface area contributed by atoms with Crippen LogP contribution < -0.4 is 11.1 Å².